The second-order valence-corrected chi connectivity index (χ2v) is 9.71. The van der Waals surface area contributed by atoms with Gasteiger partial charge in [0.05, 0.1) is 16.4 Å². The molecule has 7 heteroatoms. The van der Waals surface area contributed by atoms with Gasteiger partial charge in [0, 0.05) is 24.0 Å². The Kier molecular flexibility index (Phi) is 6.62. The molecule has 3 heterocycles. The van der Waals surface area contributed by atoms with E-state index in [0.29, 0.717) is 17.3 Å². The minimum absolute atomic E-state index is 0.278. The van der Waals surface area contributed by atoms with Crippen LogP contribution in [0.2, 0.25) is 0 Å². The van der Waals surface area contributed by atoms with Gasteiger partial charge in [0.15, 0.2) is 11.5 Å². The maximum atomic E-state index is 12.9. The number of nitrogens with zero attached hydrogens (tertiary/aromatic N) is 4. The summed E-state index contributed by atoms with van der Waals surface area (Å²) in [4.78, 5) is 19.7. The van der Waals surface area contributed by atoms with Crippen LogP contribution in [0.25, 0.3) is 11.3 Å². The summed E-state index contributed by atoms with van der Waals surface area (Å²) in [6, 6.07) is 22.0. The molecule has 0 atom stereocenters. The van der Waals surface area contributed by atoms with Crippen molar-refractivity contribution in [1.82, 2.24) is 15.2 Å². The van der Waals surface area contributed by atoms with Gasteiger partial charge in [0.1, 0.15) is 0 Å². The molecule has 1 aliphatic rings. The maximum absolute atomic E-state index is 12.9. The lowest BCUT2D eigenvalue weighted by Crippen LogP contribution is -2.35. The number of rotatable bonds is 6. The van der Waals surface area contributed by atoms with Gasteiger partial charge in [-0.3, -0.25) is 4.79 Å². The molecule has 1 N–H and O–H groups in total. The lowest BCUT2D eigenvalue weighted by molar-refractivity contribution is 0.102. The summed E-state index contributed by atoms with van der Waals surface area (Å²) >= 11 is 1.59. The van der Waals surface area contributed by atoms with Gasteiger partial charge in [-0.2, -0.15) is 0 Å². The van der Waals surface area contributed by atoms with E-state index in [1.165, 1.54) is 5.56 Å². The number of hydrogen-bond acceptors (Lipinski definition) is 6. The Morgan fingerprint density at radius 1 is 1.00 bits per heavy atom. The van der Waals surface area contributed by atoms with E-state index in [1.807, 2.05) is 42.6 Å². The Labute approximate surface area is 203 Å². The van der Waals surface area contributed by atoms with E-state index >= 15 is 0 Å². The monoisotopic (exact) mass is 469 g/mol. The Morgan fingerprint density at radius 2 is 1.76 bits per heavy atom. The molecule has 0 spiro atoms. The Bertz CT molecular complexity index is 1250. The predicted molar refractivity (Wildman–Crippen MR) is 137 cm³/mol. The zero-order chi connectivity index (χ0) is 23.3. The highest BCUT2D eigenvalue weighted by molar-refractivity contribution is 7.09. The van der Waals surface area contributed by atoms with Crippen molar-refractivity contribution in [3.05, 3.63) is 88.4 Å². The molecular weight excluding hydrogens is 442 g/mol. The zero-order valence-corrected chi connectivity index (χ0v) is 20.0. The first-order valence-electron chi connectivity index (χ1n) is 11.6. The molecule has 172 valence electrons. The van der Waals surface area contributed by atoms with Crippen molar-refractivity contribution in [2.45, 2.75) is 26.2 Å². The topological polar surface area (TPSA) is 71.0 Å². The summed E-state index contributed by atoms with van der Waals surface area (Å²) in [5.74, 6) is 1.24. The van der Waals surface area contributed by atoms with E-state index in [2.05, 4.69) is 55.7 Å². The van der Waals surface area contributed by atoms with Crippen molar-refractivity contribution in [2.24, 2.45) is 5.92 Å². The number of hydrogen-bond donors (Lipinski definition) is 1. The van der Waals surface area contributed by atoms with Gasteiger partial charge < -0.3 is 10.2 Å². The van der Waals surface area contributed by atoms with Crippen molar-refractivity contribution >= 4 is 28.7 Å². The first-order valence-corrected chi connectivity index (χ1v) is 12.5. The largest absolute Gasteiger partial charge is 0.355 e. The second kappa shape index (κ2) is 10.1. The molecule has 0 unspecified atom stereocenters. The molecule has 6 nitrogen and oxygen atoms in total. The van der Waals surface area contributed by atoms with Crippen LogP contribution in [-0.2, 0) is 6.42 Å². The number of para-hydroxylation sites is 1. The van der Waals surface area contributed by atoms with Crippen molar-refractivity contribution in [3.8, 4) is 11.3 Å². The lowest BCUT2D eigenvalue weighted by Gasteiger charge is -2.32. The van der Waals surface area contributed by atoms with Crippen molar-refractivity contribution in [3.63, 3.8) is 0 Å². The fourth-order valence-electron chi connectivity index (χ4n) is 4.42. The van der Waals surface area contributed by atoms with E-state index < -0.39 is 0 Å². The highest BCUT2D eigenvalue weighted by atomic mass is 32.1. The highest BCUT2D eigenvalue weighted by Gasteiger charge is 2.21. The smallest absolute Gasteiger partial charge is 0.276 e. The van der Waals surface area contributed by atoms with E-state index in [-0.39, 0.29) is 5.91 Å². The van der Waals surface area contributed by atoms with E-state index in [4.69, 9.17) is 0 Å². The summed E-state index contributed by atoms with van der Waals surface area (Å²) in [7, 11) is 0. The third-order valence-electron chi connectivity index (χ3n) is 6.26. The van der Waals surface area contributed by atoms with Crippen LogP contribution in [0.15, 0.2) is 72.1 Å². The molecule has 1 fully saturated rings. The number of benzene rings is 2. The van der Waals surface area contributed by atoms with Crippen LogP contribution in [0.4, 0.5) is 11.5 Å². The average molecular weight is 470 g/mol. The van der Waals surface area contributed by atoms with Gasteiger partial charge in [0.25, 0.3) is 5.91 Å². The minimum Gasteiger partial charge on any atom is -0.355 e. The first kappa shape index (κ1) is 22.2. The molecular formula is C27H27N5OS. The average Bonchev–Trinajstić information content (AvgIpc) is 3.31. The molecule has 0 aliphatic carbocycles. The molecule has 2 aromatic carbocycles. The third-order valence-corrected chi connectivity index (χ3v) is 7.03. The standard InChI is InChI=1S/C27H27N5OS/c1-19-28-25(18-34-19)22-9-5-6-10-23(22)29-27(33)24-11-12-26(31-30-24)32-15-13-21(14-16-32)17-20-7-3-2-4-8-20/h2-12,18,21H,13-17H2,1H3,(H,29,33). The molecule has 0 saturated carbocycles. The molecule has 1 saturated heterocycles. The number of thiazole rings is 1. The van der Waals surface area contributed by atoms with Gasteiger partial charge in [-0.05, 0) is 55.9 Å². The first-order chi connectivity index (χ1) is 16.7. The van der Waals surface area contributed by atoms with Gasteiger partial charge in [-0.15, -0.1) is 21.5 Å². The van der Waals surface area contributed by atoms with E-state index in [9.17, 15) is 4.79 Å². The van der Waals surface area contributed by atoms with Crippen molar-refractivity contribution in [2.75, 3.05) is 23.3 Å². The zero-order valence-electron chi connectivity index (χ0n) is 19.1. The molecule has 2 aromatic heterocycles. The summed E-state index contributed by atoms with van der Waals surface area (Å²) < 4.78 is 0. The Morgan fingerprint density at radius 3 is 2.47 bits per heavy atom. The maximum Gasteiger partial charge on any atom is 0.276 e. The molecule has 5 rings (SSSR count). The van der Waals surface area contributed by atoms with Crippen LogP contribution in [0.3, 0.4) is 0 Å². The Balaban J connectivity index is 1.20. The fraction of sp³-hybridized carbons (Fsp3) is 0.259. The van der Waals surface area contributed by atoms with Crippen LogP contribution in [0, 0.1) is 12.8 Å². The summed E-state index contributed by atoms with van der Waals surface area (Å²) in [6.07, 6.45) is 3.39. The second-order valence-electron chi connectivity index (χ2n) is 8.65. The number of amides is 1. The predicted octanol–water partition coefficient (Wildman–Crippen LogP) is 5.62. The van der Waals surface area contributed by atoms with Crippen LogP contribution in [0.5, 0.6) is 0 Å². The van der Waals surface area contributed by atoms with Crippen molar-refractivity contribution < 1.29 is 4.79 Å². The normalized spacial score (nSPS) is 14.2. The van der Waals surface area contributed by atoms with E-state index in [0.717, 1.165) is 54.4 Å². The van der Waals surface area contributed by atoms with Crippen LogP contribution < -0.4 is 10.2 Å². The molecule has 34 heavy (non-hydrogen) atoms. The van der Waals surface area contributed by atoms with E-state index in [1.54, 1.807) is 17.4 Å². The summed E-state index contributed by atoms with van der Waals surface area (Å²) in [5, 5.41) is 14.5. The molecule has 0 bridgehead atoms. The molecule has 0 radical (unpaired) electrons. The van der Waals surface area contributed by atoms with Crippen LogP contribution in [-0.4, -0.2) is 34.2 Å². The van der Waals surface area contributed by atoms with Gasteiger partial charge in [0.2, 0.25) is 0 Å². The molecule has 1 aliphatic heterocycles. The number of nitrogens with one attached hydrogen (secondary N) is 1. The fourth-order valence-corrected chi connectivity index (χ4v) is 5.03. The molecule has 4 aromatic rings. The number of aryl methyl sites for hydroxylation is 1. The minimum atomic E-state index is -0.278. The number of carbonyl (C=O) groups excluding carboxylic acids is 1. The third kappa shape index (κ3) is 5.15. The van der Waals surface area contributed by atoms with Crippen LogP contribution in [0.1, 0.15) is 33.9 Å². The van der Waals surface area contributed by atoms with Crippen molar-refractivity contribution in [1.29, 1.82) is 0 Å². The number of piperidine rings is 1. The SMILES string of the molecule is Cc1nc(-c2ccccc2NC(=O)c2ccc(N3CCC(Cc4ccccc4)CC3)nn2)cs1. The number of anilines is 2. The lowest BCUT2D eigenvalue weighted by atomic mass is 9.90. The quantitative estimate of drug-likeness (QED) is 0.397. The van der Waals surface area contributed by atoms with Gasteiger partial charge in [-0.1, -0.05) is 48.5 Å². The summed E-state index contributed by atoms with van der Waals surface area (Å²) in [6.45, 7) is 3.88. The highest BCUT2D eigenvalue weighted by Crippen LogP contribution is 2.29. The Hall–Kier alpha value is -3.58. The van der Waals surface area contributed by atoms with Gasteiger partial charge in [-0.25, -0.2) is 4.98 Å². The van der Waals surface area contributed by atoms with Crippen LogP contribution >= 0.6 is 11.3 Å². The van der Waals surface area contributed by atoms with Gasteiger partial charge >= 0.3 is 0 Å². The number of carbonyl (C=O) groups is 1. The molecule has 1 amide bonds. The number of aromatic nitrogens is 3. The summed E-state index contributed by atoms with van der Waals surface area (Å²) in [5.41, 5.74) is 4.16.